The highest BCUT2D eigenvalue weighted by Crippen LogP contribution is 2.30. The third-order valence-electron chi connectivity index (χ3n) is 6.13. The fraction of sp³-hybridized carbons (Fsp3) is 0.281. The highest BCUT2D eigenvalue weighted by molar-refractivity contribution is 5.91. The lowest BCUT2D eigenvalue weighted by molar-refractivity contribution is -0.136. The molecule has 1 aromatic heterocycles. The molecule has 2 heterocycles. The molecule has 0 saturated heterocycles. The van der Waals surface area contributed by atoms with E-state index in [4.69, 9.17) is 14.2 Å². The van der Waals surface area contributed by atoms with E-state index in [1.54, 1.807) is 6.08 Å². The van der Waals surface area contributed by atoms with Crippen molar-refractivity contribution in [3.63, 3.8) is 0 Å². The Kier molecular flexibility index (Phi) is 10.2. The molecule has 0 amide bonds. The normalized spacial score (nSPS) is 13.6. The van der Waals surface area contributed by atoms with Gasteiger partial charge in [-0.15, -0.1) is 0 Å². The number of aromatic amines is 1. The van der Waals surface area contributed by atoms with Gasteiger partial charge < -0.3 is 14.2 Å². The van der Waals surface area contributed by atoms with Gasteiger partial charge in [-0.25, -0.2) is 9.59 Å². The molecular formula is C32H32N2O6. The molecule has 1 N–H and O–H groups in total. The number of carbonyl (C=O) groups excluding carboxylic acids is 1. The van der Waals surface area contributed by atoms with Crippen molar-refractivity contribution in [3.8, 4) is 11.8 Å². The third kappa shape index (κ3) is 7.87. The van der Waals surface area contributed by atoms with Gasteiger partial charge in [0.1, 0.15) is 18.8 Å². The van der Waals surface area contributed by atoms with E-state index < -0.39 is 17.2 Å². The van der Waals surface area contributed by atoms with Gasteiger partial charge in [-0.2, -0.15) is 0 Å². The number of allylic oxidation sites excluding steroid dienone is 1. The molecule has 40 heavy (non-hydrogen) atoms. The van der Waals surface area contributed by atoms with E-state index in [1.165, 1.54) is 10.8 Å². The number of carbonyl (C=O) groups is 1. The summed E-state index contributed by atoms with van der Waals surface area (Å²) in [6.07, 6.45) is 7.97. The fourth-order valence-corrected chi connectivity index (χ4v) is 3.97. The lowest BCUT2D eigenvalue weighted by Gasteiger charge is -2.10. The maximum Gasteiger partial charge on any atom is 0.383 e. The first-order chi connectivity index (χ1) is 19.5. The summed E-state index contributed by atoms with van der Waals surface area (Å²) >= 11 is 0. The van der Waals surface area contributed by atoms with Crippen molar-refractivity contribution >= 4 is 5.97 Å². The van der Waals surface area contributed by atoms with Crippen LogP contribution in [0, 0.1) is 11.8 Å². The van der Waals surface area contributed by atoms with E-state index in [-0.39, 0.29) is 42.6 Å². The first-order valence-corrected chi connectivity index (χ1v) is 13.4. The number of esters is 1. The van der Waals surface area contributed by atoms with Gasteiger partial charge in [-0.05, 0) is 23.6 Å². The van der Waals surface area contributed by atoms with Crippen molar-refractivity contribution in [2.75, 3.05) is 0 Å². The topological polar surface area (TPSA) is 99.6 Å². The zero-order valence-corrected chi connectivity index (χ0v) is 22.5. The average molecular weight is 541 g/mol. The maximum atomic E-state index is 12.8. The number of rotatable bonds is 12. The number of nitrogens with one attached hydrogen (secondary N) is 1. The Bertz CT molecular complexity index is 1540. The Labute approximate surface area is 232 Å². The van der Waals surface area contributed by atoms with Crippen LogP contribution in [-0.4, -0.2) is 15.5 Å². The lowest BCUT2D eigenvalue weighted by atomic mass is 10.1. The summed E-state index contributed by atoms with van der Waals surface area (Å²) in [5.74, 6) is 5.42. The van der Waals surface area contributed by atoms with Crippen molar-refractivity contribution in [2.24, 2.45) is 0 Å². The number of H-pyrrole nitrogens is 1. The second kappa shape index (κ2) is 14.4. The van der Waals surface area contributed by atoms with Crippen molar-refractivity contribution in [1.82, 2.24) is 9.55 Å². The number of ether oxygens (including phenoxy) is 3. The molecule has 0 bridgehead atoms. The molecule has 0 fully saturated rings. The maximum absolute atomic E-state index is 12.8. The molecule has 0 spiro atoms. The molecule has 0 unspecified atom stereocenters. The Morgan fingerprint density at radius 1 is 0.875 bits per heavy atom. The van der Waals surface area contributed by atoms with Crippen LogP contribution in [0.25, 0.3) is 0 Å². The van der Waals surface area contributed by atoms with Crippen LogP contribution in [0.4, 0.5) is 0 Å². The predicted molar refractivity (Wildman–Crippen MR) is 151 cm³/mol. The number of hydrogen-bond donors (Lipinski definition) is 1. The van der Waals surface area contributed by atoms with Crippen LogP contribution in [0.1, 0.15) is 55.7 Å². The summed E-state index contributed by atoms with van der Waals surface area (Å²) in [6, 6.07) is 18.9. The summed E-state index contributed by atoms with van der Waals surface area (Å²) in [4.78, 5) is 39.8. The van der Waals surface area contributed by atoms with Crippen LogP contribution >= 0.6 is 0 Å². The lowest BCUT2D eigenvalue weighted by Crippen LogP contribution is -2.30. The van der Waals surface area contributed by atoms with Crippen LogP contribution < -0.4 is 11.2 Å². The van der Waals surface area contributed by atoms with Gasteiger partial charge >= 0.3 is 11.7 Å². The van der Waals surface area contributed by atoms with Crippen molar-refractivity contribution < 1.29 is 19.0 Å². The molecule has 8 nitrogen and oxygen atoms in total. The van der Waals surface area contributed by atoms with Crippen LogP contribution in [0.5, 0.6) is 0 Å². The van der Waals surface area contributed by atoms with Crippen molar-refractivity contribution in [2.45, 2.75) is 58.8 Å². The Morgan fingerprint density at radius 2 is 1.52 bits per heavy atom. The molecule has 4 rings (SSSR count). The summed E-state index contributed by atoms with van der Waals surface area (Å²) in [5.41, 5.74) is 0.828. The van der Waals surface area contributed by atoms with Gasteiger partial charge in [0, 0.05) is 19.2 Å². The van der Waals surface area contributed by atoms with Crippen molar-refractivity contribution in [3.05, 3.63) is 128 Å². The molecular weight excluding hydrogens is 508 g/mol. The summed E-state index contributed by atoms with van der Waals surface area (Å²) in [5, 5.41) is 0. The quantitative estimate of drug-likeness (QED) is 0.198. The number of aromatic nitrogens is 2. The number of unbranched alkanes of at least 4 members (excludes halogenated alkanes) is 4. The standard InChI is InChI=1S/C32H32N2O6/c1-2-3-4-5-6-13-18-26-21-34(32(37)33-30(26)35)20-19-27-28(38-22-24-14-9-7-10-15-24)29(31(36)40-27)39-23-25-16-11-8-12-17-25/h7-12,14-17,19,21H,2-6,20,22-23H2,1H3,(H,33,35,37)/b27-19-. The van der Waals surface area contributed by atoms with E-state index in [1.807, 2.05) is 60.7 Å². The second-order valence-electron chi connectivity index (χ2n) is 9.23. The summed E-state index contributed by atoms with van der Waals surface area (Å²) in [6.45, 7) is 2.48. The van der Waals surface area contributed by atoms with Gasteiger partial charge in [0.2, 0.25) is 5.76 Å². The smallest absolute Gasteiger partial charge is 0.383 e. The molecule has 0 saturated carbocycles. The Morgan fingerprint density at radius 3 is 2.17 bits per heavy atom. The van der Waals surface area contributed by atoms with E-state index >= 15 is 0 Å². The highest BCUT2D eigenvalue weighted by atomic mass is 16.6. The third-order valence-corrected chi connectivity index (χ3v) is 6.13. The average Bonchev–Trinajstić information content (AvgIpc) is 3.27. The highest BCUT2D eigenvalue weighted by Gasteiger charge is 2.34. The molecule has 0 atom stereocenters. The number of benzene rings is 2. The van der Waals surface area contributed by atoms with E-state index in [9.17, 15) is 14.4 Å². The minimum Gasteiger partial charge on any atom is -0.481 e. The van der Waals surface area contributed by atoms with Gasteiger partial charge in [0.15, 0.2) is 5.76 Å². The molecule has 3 aromatic rings. The van der Waals surface area contributed by atoms with Gasteiger partial charge in [-0.1, -0.05) is 98.7 Å². The van der Waals surface area contributed by atoms with E-state index in [0.29, 0.717) is 6.42 Å². The minimum absolute atomic E-state index is 0.00751. The molecule has 206 valence electrons. The van der Waals surface area contributed by atoms with Gasteiger partial charge in [-0.3, -0.25) is 14.3 Å². The SMILES string of the molecule is CCCCCCC#Cc1cn(C/C=C2\OC(=O)C(OCc3ccccc3)=C2OCc2ccccc2)c(=O)[nH]c1=O. The largest absolute Gasteiger partial charge is 0.481 e. The molecule has 2 aromatic carbocycles. The Balaban J connectivity index is 1.55. The monoisotopic (exact) mass is 540 g/mol. The first kappa shape index (κ1) is 28.2. The van der Waals surface area contributed by atoms with Crippen LogP contribution in [-0.2, 0) is 38.8 Å². The molecule has 0 aliphatic carbocycles. The number of hydrogen-bond acceptors (Lipinski definition) is 6. The summed E-state index contributed by atoms with van der Waals surface area (Å²) < 4.78 is 18.6. The van der Waals surface area contributed by atoms with Crippen molar-refractivity contribution in [1.29, 1.82) is 0 Å². The molecule has 8 heteroatoms. The van der Waals surface area contributed by atoms with Gasteiger partial charge in [0.05, 0.1) is 0 Å². The summed E-state index contributed by atoms with van der Waals surface area (Å²) in [7, 11) is 0. The zero-order valence-electron chi connectivity index (χ0n) is 22.5. The van der Waals surface area contributed by atoms with E-state index in [2.05, 4.69) is 23.7 Å². The van der Waals surface area contributed by atoms with Crippen LogP contribution in [0.3, 0.4) is 0 Å². The van der Waals surface area contributed by atoms with Gasteiger partial charge in [0.25, 0.3) is 11.3 Å². The second-order valence-corrected chi connectivity index (χ2v) is 9.23. The van der Waals surface area contributed by atoms with Crippen LogP contribution in [0.15, 0.2) is 99.8 Å². The molecule has 1 aliphatic heterocycles. The first-order valence-electron chi connectivity index (χ1n) is 13.4. The predicted octanol–water partition coefficient (Wildman–Crippen LogP) is 4.94. The number of nitrogens with zero attached hydrogens (tertiary/aromatic N) is 1. The minimum atomic E-state index is -0.686. The molecule has 0 radical (unpaired) electrons. The zero-order chi connectivity index (χ0) is 28.2. The molecule has 1 aliphatic rings. The van der Waals surface area contributed by atoms with E-state index in [0.717, 1.165) is 36.8 Å². The number of cyclic esters (lactones) is 1. The Hall–Kier alpha value is -4.77. The fourth-order valence-electron chi connectivity index (χ4n) is 3.97. The van der Waals surface area contributed by atoms with Crippen LogP contribution in [0.2, 0.25) is 0 Å².